The van der Waals surface area contributed by atoms with Gasteiger partial charge >= 0.3 is 0 Å². The number of hydrogen-bond acceptors (Lipinski definition) is 2. The first-order valence-electron chi connectivity index (χ1n) is 2.58. The highest BCUT2D eigenvalue weighted by Crippen LogP contribution is 2.27. The molecule has 1 rings (SSSR count). The highest BCUT2D eigenvalue weighted by atomic mass is 127. The number of ether oxygens (including phenoxy) is 1. The van der Waals surface area contributed by atoms with Gasteiger partial charge in [-0.3, -0.25) is 4.98 Å². The van der Waals surface area contributed by atoms with E-state index < -0.39 is 0 Å². The van der Waals surface area contributed by atoms with Crippen LogP contribution in [0.5, 0.6) is 5.75 Å². The molecule has 1 aromatic heterocycles. The molecule has 54 valence electrons. The van der Waals surface area contributed by atoms with Crippen molar-refractivity contribution in [2.75, 3.05) is 7.11 Å². The lowest BCUT2D eigenvalue weighted by Gasteiger charge is -2.02. The molecule has 1 aromatic rings. The normalized spacial score (nSPS) is 9.50. The third-order valence-corrected chi connectivity index (χ3v) is 2.05. The standard InChI is InChI=1S/C6H5ClINO/c1-10-6-4(7)2-9-3-5(6)8/h2-3H,1H3. The summed E-state index contributed by atoms with van der Waals surface area (Å²) >= 11 is 7.85. The van der Waals surface area contributed by atoms with Gasteiger partial charge in [0.2, 0.25) is 0 Å². The van der Waals surface area contributed by atoms with Crippen LogP contribution in [0, 0.1) is 3.57 Å². The maximum atomic E-state index is 5.74. The number of rotatable bonds is 1. The number of aromatic nitrogens is 1. The molecule has 0 saturated carbocycles. The number of pyridine rings is 1. The summed E-state index contributed by atoms with van der Waals surface area (Å²) < 4.78 is 5.92. The molecule has 0 aliphatic carbocycles. The van der Waals surface area contributed by atoms with Crippen molar-refractivity contribution in [3.63, 3.8) is 0 Å². The van der Waals surface area contributed by atoms with Gasteiger partial charge in [0, 0.05) is 12.4 Å². The first kappa shape index (κ1) is 8.07. The number of methoxy groups -OCH3 is 1. The molecule has 0 fully saturated rings. The summed E-state index contributed by atoms with van der Waals surface area (Å²) in [5.41, 5.74) is 0. The Kier molecular flexibility index (Phi) is 2.73. The largest absolute Gasteiger partial charge is 0.494 e. The minimum Gasteiger partial charge on any atom is -0.494 e. The number of halogens is 2. The van der Waals surface area contributed by atoms with Crippen LogP contribution in [-0.4, -0.2) is 12.1 Å². The Labute approximate surface area is 77.7 Å². The molecule has 0 bridgehead atoms. The lowest BCUT2D eigenvalue weighted by atomic mass is 10.4. The molecule has 0 spiro atoms. The fourth-order valence-electron chi connectivity index (χ4n) is 0.594. The predicted octanol–water partition coefficient (Wildman–Crippen LogP) is 2.35. The van der Waals surface area contributed by atoms with E-state index in [-0.39, 0.29) is 0 Å². The van der Waals surface area contributed by atoms with E-state index in [1.54, 1.807) is 19.5 Å². The molecule has 0 saturated heterocycles. The third kappa shape index (κ3) is 1.52. The van der Waals surface area contributed by atoms with Gasteiger partial charge in [-0.2, -0.15) is 0 Å². The van der Waals surface area contributed by atoms with Crippen molar-refractivity contribution in [3.8, 4) is 5.75 Å². The van der Waals surface area contributed by atoms with Gasteiger partial charge in [0.1, 0.15) is 5.02 Å². The van der Waals surface area contributed by atoms with Crippen LogP contribution in [0.3, 0.4) is 0 Å². The van der Waals surface area contributed by atoms with E-state index >= 15 is 0 Å². The molecular formula is C6H5ClINO. The molecule has 4 heteroatoms. The maximum absolute atomic E-state index is 5.74. The SMILES string of the molecule is COc1c(Cl)cncc1I. The highest BCUT2D eigenvalue weighted by molar-refractivity contribution is 14.1. The second-order valence-electron chi connectivity index (χ2n) is 1.64. The molecule has 0 aliphatic rings. The summed E-state index contributed by atoms with van der Waals surface area (Å²) in [6.45, 7) is 0. The minimum atomic E-state index is 0.550. The highest BCUT2D eigenvalue weighted by Gasteiger charge is 2.03. The fourth-order valence-corrected chi connectivity index (χ4v) is 1.66. The molecule has 0 radical (unpaired) electrons. The van der Waals surface area contributed by atoms with Gasteiger partial charge in [0.05, 0.1) is 10.7 Å². The van der Waals surface area contributed by atoms with Crippen molar-refractivity contribution in [2.45, 2.75) is 0 Å². The van der Waals surface area contributed by atoms with Crippen molar-refractivity contribution < 1.29 is 4.74 Å². The van der Waals surface area contributed by atoms with E-state index in [4.69, 9.17) is 16.3 Å². The van der Waals surface area contributed by atoms with Crippen LogP contribution < -0.4 is 4.74 Å². The maximum Gasteiger partial charge on any atom is 0.153 e. The topological polar surface area (TPSA) is 22.1 Å². The molecule has 0 aliphatic heterocycles. The van der Waals surface area contributed by atoms with E-state index in [2.05, 4.69) is 27.6 Å². The van der Waals surface area contributed by atoms with Crippen LogP contribution >= 0.6 is 34.2 Å². The van der Waals surface area contributed by atoms with Crippen molar-refractivity contribution in [1.82, 2.24) is 4.98 Å². The Hall–Kier alpha value is -0.0300. The molecule has 0 amide bonds. The molecule has 1 heterocycles. The van der Waals surface area contributed by atoms with Gasteiger partial charge in [-0.15, -0.1) is 0 Å². The van der Waals surface area contributed by atoms with Crippen LogP contribution in [0.15, 0.2) is 12.4 Å². The van der Waals surface area contributed by atoms with Crippen LogP contribution in [-0.2, 0) is 0 Å². The third-order valence-electron chi connectivity index (χ3n) is 1.01. The zero-order chi connectivity index (χ0) is 7.56. The lowest BCUT2D eigenvalue weighted by molar-refractivity contribution is 0.411. The number of nitrogens with zero attached hydrogens (tertiary/aromatic N) is 1. The van der Waals surface area contributed by atoms with Crippen LogP contribution in [0.2, 0.25) is 5.02 Å². The van der Waals surface area contributed by atoms with E-state index in [1.165, 1.54) is 0 Å². The second-order valence-corrected chi connectivity index (χ2v) is 3.21. The van der Waals surface area contributed by atoms with Gasteiger partial charge in [0.25, 0.3) is 0 Å². The molecule has 0 aromatic carbocycles. The van der Waals surface area contributed by atoms with E-state index in [9.17, 15) is 0 Å². The van der Waals surface area contributed by atoms with Crippen LogP contribution in [0.25, 0.3) is 0 Å². The van der Waals surface area contributed by atoms with Gasteiger partial charge in [-0.05, 0) is 22.6 Å². The monoisotopic (exact) mass is 269 g/mol. The molecular weight excluding hydrogens is 264 g/mol. The summed E-state index contributed by atoms with van der Waals surface area (Å²) in [6, 6.07) is 0. The molecule has 0 unspecified atom stereocenters. The van der Waals surface area contributed by atoms with Gasteiger partial charge in [-0.1, -0.05) is 11.6 Å². The zero-order valence-electron chi connectivity index (χ0n) is 5.27. The average molecular weight is 269 g/mol. The Morgan fingerprint density at radius 3 is 2.70 bits per heavy atom. The fraction of sp³-hybridized carbons (Fsp3) is 0.167. The van der Waals surface area contributed by atoms with Crippen LogP contribution in [0.1, 0.15) is 0 Å². The Morgan fingerprint density at radius 2 is 2.30 bits per heavy atom. The summed E-state index contributed by atoms with van der Waals surface area (Å²) in [6.07, 6.45) is 3.26. The van der Waals surface area contributed by atoms with Crippen molar-refractivity contribution in [3.05, 3.63) is 21.0 Å². The first-order valence-corrected chi connectivity index (χ1v) is 4.04. The second kappa shape index (κ2) is 3.39. The smallest absolute Gasteiger partial charge is 0.153 e. The van der Waals surface area contributed by atoms with E-state index in [1.807, 2.05) is 0 Å². The predicted molar refractivity (Wildman–Crippen MR) is 48.5 cm³/mol. The summed E-state index contributed by atoms with van der Waals surface area (Å²) in [4.78, 5) is 3.87. The summed E-state index contributed by atoms with van der Waals surface area (Å²) in [5.74, 6) is 0.692. The van der Waals surface area contributed by atoms with Crippen molar-refractivity contribution >= 4 is 34.2 Å². The van der Waals surface area contributed by atoms with Crippen molar-refractivity contribution in [1.29, 1.82) is 0 Å². The Morgan fingerprint density at radius 1 is 1.60 bits per heavy atom. The van der Waals surface area contributed by atoms with Gasteiger partial charge in [-0.25, -0.2) is 0 Å². The van der Waals surface area contributed by atoms with E-state index in [0.717, 1.165) is 3.57 Å². The molecule has 0 atom stereocenters. The minimum absolute atomic E-state index is 0.550. The quantitative estimate of drug-likeness (QED) is 0.730. The van der Waals surface area contributed by atoms with Crippen molar-refractivity contribution in [2.24, 2.45) is 0 Å². The Bertz CT molecular complexity index is 221. The number of hydrogen-bond donors (Lipinski definition) is 0. The average Bonchev–Trinajstić information content (AvgIpc) is 1.88. The first-order chi connectivity index (χ1) is 4.75. The van der Waals surface area contributed by atoms with Gasteiger partial charge < -0.3 is 4.74 Å². The van der Waals surface area contributed by atoms with Gasteiger partial charge in [0.15, 0.2) is 5.75 Å². The zero-order valence-corrected chi connectivity index (χ0v) is 8.18. The summed E-state index contributed by atoms with van der Waals surface area (Å²) in [5, 5.41) is 0.550. The molecule has 10 heavy (non-hydrogen) atoms. The molecule has 2 nitrogen and oxygen atoms in total. The van der Waals surface area contributed by atoms with E-state index in [0.29, 0.717) is 10.8 Å². The van der Waals surface area contributed by atoms with Crippen LogP contribution in [0.4, 0.5) is 0 Å². The summed E-state index contributed by atoms with van der Waals surface area (Å²) in [7, 11) is 1.59. The lowest BCUT2D eigenvalue weighted by Crippen LogP contribution is -1.88. The molecule has 0 N–H and O–H groups in total. The Balaban J connectivity index is 3.17.